The summed E-state index contributed by atoms with van der Waals surface area (Å²) in [6, 6.07) is 11.6. The molecule has 0 aliphatic rings. The standard InChI is InChI=1S/C20H16FN5O3/c1-27-16-8-7-12(9-17(16)28-2)24-18-14(10-22-11-23-18)20-25-19(26-29-20)13-5-3-4-6-15(13)21/h3-11H,1-2H3,(H,22,23,24). The van der Waals surface area contributed by atoms with Gasteiger partial charge >= 0.3 is 0 Å². The summed E-state index contributed by atoms with van der Waals surface area (Å²) in [6.45, 7) is 0. The van der Waals surface area contributed by atoms with Gasteiger partial charge in [0.2, 0.25) is 5.82 Å². The average Bonchev–Trinajstić information content (AvgIpc) is 3.24. The Bertz CT molecular complexity index is 1150. The third-order valence-corrected chi connectivity index (χ3v) is 4.13. The zero-order valence-electron chi connectivity index (χ0n) is 15.6. The number of ether oxygens (including phenoxy) is 2. The number of methoxy groups -OCH3 is 2. The summed E-state index contributed by atoms with van der Waals surface area (Å²) in [6.07, 6.45) is 2.93. The van der Waals surface area contributed by atoms with E-state index in [0.29, 0.717) is 28.6 Å². The van der Waals surface area contributed by atoms with Gasteiger partial charge in [-0.25, -0.2) is 14.4 Å². The molecule has 2 aromatic carbocycles. The van der Waals surface area contributed by atoms with Gasteiger partial charge in [0.1, 0.15) is 23.5 Å². The van der Waals surface area contributed by atoms with E-state index < -0.39 is 5.82 Å². The molecule has 0 fully saturated rings. The van der Waals surface area contributed by atoms with Crippen LogP contribution in [0.25, 0.3) is 22.8 Å². The van der Waals surface area contributed by atoms with E-state index in [1.165, 1.54) is 18.6 Å². The van der Waals surface area contributed by atoms with E-state index >= 15 is 0 Å². The van der Waals surface area contributed by atoms with Gasteiger partial charge in [-0.3, -0.25) is 0 Å². The van der Waals surface area contributed by atoms with E-state index in [-0.39, 0.29) is 17.3 Å². The number of benzene rings is 2. The Hall–Kier alpha value is -4.01. The Morgan fingerprint density at radius 3 is 2.62 bits per heavy atom. The highest BCUT2D eigenvalue weighted by atomic mass is 19.1. The molecule has 0 aliphatic carbocycles. The molecule has 0 unspecified atom stereocenters. The number of aromatic nitrogens is 4. The van der Waals surface area contributed by atoms with Crippen LogP contribution in [0.2, 0.25) is 0 Å². The molecular formula is C20H16FN5O3. The molecule has 1 N–H and O–H groups in total. The third kappa shape index (κ3) is 3.70. The Morgan fingerprint density at radius 2 is 1.83 bits per heavy atom. The molecule has 0 bridgehead atoms. The zero-order chi connectivity index (χ0) is 20.2. The topological polar surface area (TPSA) is 95.2 Å². The van der Waals surface area contributed by atoms with Crippen molar-refractivity contribution in [2.75, 3.05) is 19.5 Å². The number of anilines is 2. The molecule has 0 radical (unpaired) electrons. The van der Waals surface area contributed by atoms with Crippen molar-refractivity contribution in [3.05, 3.63) is 60.8 Å². The minimum Gasteiger partial charge on any atom is -0.493 e. The van der Waals surface area contributed by atoms with Gasteiger partial charge in [-0.15, -0.1) is 0 Å². The molecule has 4 rings (SSSR count). The van der Waals surface area contributed by atoms with E-state index in [1.54, 1.807) is 44.6 Å². The van der Waals surface area contributed by atoms with Crippen molar-refractivity contribution >= 4 is 11.5 Å². The summed E-state index contributed by atoms with van der Waals surface area (Å²) < 4.78 is 29.9. The summed E-state index contributed by atoms with van der Waals surface area (Å²) in [5.74, 6) is 1.47. The molecule has 8 nitrogen and oxygen atoms in total. The van der Waals surface area contributed by atoms with Crippen molar-refractivity contribution < 1.29 is 18.4 Å². The van der Waals surface area contributed by atoms with Gasteiger partial charge in [0, 0.05) is 18.0 Å². The molecule has 0 aliphatic heterocycles. The van der Waals surface area contributed by atoms with Crippen LogP contribution >= 0.6 is 0 Å². The lowest BCUT2D eigenvalue weighted by Crippen LogP contribution is -1.99. The van der Waals surface area contributed by atoms with E-state index in [4.69, 9.17) is 14.0 Å². The average molecular weight is 393 g/mol. The van der Waals surface area contributed by atoms with Crippen LogP contribution in [-0.4, -0.2) is 34.3 Å². The fourth-order valence-corrected chi connectivity index (χ4v) is 2.72. The normalized spacial score (nSPS) is 10.6. The van der Waals surface area contributed by atoms with E-state index in [2.05, 4.69) is 25.4 Å². The summed E-state index contributed by atoms with van der Waals surface area (Å²) >= 11 is 0. The number of hydrogen-bond acceptors (Lipinski definition) is 8. The molecule has 0 atom stereocenters. The molecule has 29 heavy (non-hydrogen) atoms. The fraction of sp³-hybridized carbons (Fsp3) is 0.100. The lowest BCUT2D eigenvalue weighted by Gasteiger charge is -2.11. The molecular weight excluding hydrogens is 377 g/mol. The lowest BCUT2D eigenvalue weighted by molar-refractivity contribution is 0.355. The zero-order valence-corrected chi connectivity index (χ0v) is 15.6. The first kappa shape index (κ1) is 18.4. The molecule has 146 valence electrons. The minimum atomic E-state index is -0.437. The third-order valence-electron chi connectivity index (χ3n) is 4.13. The Morgan fingerprint density at radius 1 is 1.00 bits per heavy atom. The predicted octanol–water partition coefficient (Wildman–Crippen LogP) is 4.09. The van der Waals surface area contributed by atoms with Gasteiger partial charge in [-0.1, -0.05) is 17.3 Å². The SMILES string of the molecule is COc1ccc(Nc2ncncc2-c2nc(-c3ccccc3F)no2)cc1OC. The minimum absolute atomic E-state index is 0.138. The first-order valence-corrected chi connectivity index (χ1v) is 8.57. The second-order valence-corrected chi connectivity index (χ2v) is 5.88. The molecule has 0 saturated heterocycles. The van der Waals surface area contributed by atoms with E-state index in [9.17, 15) is 4.39 Å². The van der Waals surface area contributed by atoms with Gasteiger partial charge in [0.05, 0.1) is 19.8 Å². The van der Waals surface area contributed by atoms with Crippen molar-refractivity contribution in [3.63, 3.8) is 0 Å². The lowest BCUT2D eigenvalue weighted by atomic mass is 10.2. The van der Waals surface area contributed by atoms with Gasteiger partial charge in [0.25, 0.3) is 5.89 Å². The summed E-state index contributed by atoms with van der Waals surface area (Å²) in [5, 5.41) is 7.04. The van der Waals surface area contributed by atoms with Crippen LogP contribution in [0.1, 0.15) is 0 Å². The van der Waals surface area contributed by atoms with Crippen LogP contribution in [-0.2, 0) is 0 Å². The highest BCUT2D eigenvalue weighted by molar-refractivity contribution is 5.74. The van der Waals surface area contributed by atoms with E-state index in [1.807, 2.05) is 6.07 Å². The summed E-state index contributed by atoms with van der Waals surface area (Å²) in [4.78, 5) is 12.6. The van der Waals surface area contributed by atoms with Crippen molar-refractivity contribution in [1.29, 1.82) is 0 Å². The predicted molar refractivity (Wildman–Crippen MR) is 104 cm³/mol. The number of nitrogens with zero attached hydrogens (tertiary/aromatic N) is 4. The number of rotatable bonds is 6. The molecule has 9 heteroatoms. The number of nitrogens with one attached hydrogen (secondary N) is 1. The molecule has 0 spiro atoms. The van der Waals surface area contributed by atoms with Crippen molar-refractivity contribution in [3.8, 4) is 34.3 Å². The Labute approximate surface area is 165 Å². The van der Waals surface area contributed by atoms with Gasteiger partial charge in [0.15, 0.2) is 11.5 Å². The van der Waals surface area contributed by atoms with Crippen LogP contribution in [0, 0.1) is 5.82 Å². The fourth-order valence-electron chi connectivity index (χ4n) is 2.72. The number of hydrogen-bond donors (Lipinski definition) is 1. The van der Waals surface area contributed by atoms with Crippen LogP contribution in [0.5, 0.6) is 11.5 Å². The first-order chi connectivity index (χ1) is 14.2. The first-order valence-electron chi connectivity index (χ1n) is 8.57. The second kappa shape index (κ2) is 7.93. The quantitative estimate of drug-likeness (QED) is 0.523. The maximum atomic E-state index is 14.0. The van der Waals surface area contributed by atoms with Crippen LogP contribution in [0.4, 0.5) is 15.9 Å². The maximum Gasteiger partial charge on any atom is 0.263 e. The van der Waals surface area contributed by atoms with Crippen molar-refractivity contribution in [2.24, 2.45) is 0 Å². The summed E-state index contributed by atoms with van der Waals surface area (Å²) in [7, 11) is 3.12. The molecule has 2 heterocycles. The highest BCUT2D eigenvalue weighted by Crippen LogP contribution is 2.33. The van der Waals surface area contributed by atoms with Gasteiger partial charge in [-0.05, 0) is 24.3 Å². The van der Waals surface area contributed by atoms with Crippen LogP contribution < -0.4 is 14.8 Å². The van der Waals surface area contributed by atoms with E-state index in [0.717, 1.165) is 0 Å². The molecule has 2 aromatic heterocycles. The summed E-state index contributed by atoms with van der Waals surface area (Å²) in [5.41, 5.74) is 1.42. The van der Waals surface area contributed by atoms with Crippen molar-refractivity contribution in [1.82, 2.24) is 20.1 Å². The van der Waals surface area contributed by atoms with Crippen LogP contribution in [0.3, 0.4) is 0 Å². The highest BCUT2D eigenvalue weighted by Gasteiger charge is 2.18. The smallest absolute Gasteiger partial charge is 0.263 e. The van der Waals surface area contributed by atoms with Crippen LogP contribution in [0.15, 0.2) is 59.5 Å². The molecule has 0 saturated carbocycles. The molecule has 4 aromatic rings. The second-order valence-electron chi connectivity index (χ2n) is 5.88. The largest absolute Gasteiger partial charge is 0.493 e. The van der Waals surface area contributed by atoms with Crippen molar-refractivity contribution in [2.45, 2.75) is 0 Å². The van der Waals surface area contributed by atoms with Gasteiger partial charge < -0.3 is 19.3 Å². The number of halogens is 1. The maximum absolute atomic E-state index is 14.0. The molecule has 0 amide bonds. The van der Waals surface area contributed by atoms with Gasteiger partial charge in [-0.2, -0.15) is 4.98 Å². The monoisotopic (exact) mass is 393 g/mol. The Kier molecular flexibility index (Phi) is 5.02. The Balaban J connectivity index is 1.67.